The number of hydrogen-bond donors (Lipinski definition) is 3. The summed E-state index contributed by atoms with van der Waals surface area (Å²) in [6, 6.07) is 11.5. The number of nitrogens with zero attached hydrogens (tertiary/aromatic N) is 2. The number of non-ortho nitro benzene ring substituents is 1. The van der Waals surface area contributed by atoms with Gasteiger partial charge >= 0.3 is 5.91 Å². The molecule has 36 heavy (non-hydrogen) atoms. The molecule has 3 aromatic rings. The molecule has 12 heteroatoms. The first-order chi connectivity index (χ1) is 17.2. The molecule has 2 aromatic carbocycles. The van der Waals surface area contributed by atoms with Gasteiger partial charge in [0.1, 0.15) is 5.76 Å². The van der Waals surface area contributed by atoms with Crippen molar-refractivity contribution in [1.82, 2.24) is 16.3 Å². The minimum Gasteiger partial charge on any atom is -0.455 e. The number of amides is 3. The number of nitrogens with one attached hydrogen (secondary N) is 3. The molecule has 0 saturated heterocycles. The Morgan fingerprint density at radius 2 is 1.69 bits per heavy atom. The van der Waals surface area contributed by atoms with Crippen LogP contribution in [0.1, 0.15) is 61.0 Å². The molecule has 4 rings (SSSR count). The Balaban J connectivity index is 1.48. The topological polar surface area (TPSA) is 156 Å². The van der Waals surface area contributed by atoms with Crippen LogP contribution in [0, 0.1) is 17.0 Å². The fraction of sp³-hybridized carbons (Fsp3) is 0.167. The second-order valence-corrected chi connectivity index (χ2v) is 8.37. The van der Waals surface area contributed by atoms with E-state index in [1.807, 2.05) is 0 Å². The van der Waals surface area contributed by atoms with Gasteiger partial charge in [-0.25, -0.2) is 5.43 Å². The number of carbonyl (C=O) groups is 3. The van der Waals surface area contributed by atoms with Gasteiger partial charge in [-0.2, -0.15) is 5.10 Å². The highest BCUT2D eigenvalue weighted by Crippen LogP contribution is 2.30. The zero-order chi connectivity index (χ0) is 25.8. The monoisotopic (exact) mass is 509 g/mol. The minimum atomic E-state index is -0.655. The van der Waals surface area contributed by atoms with Gasteiger partial charge in [0.15, 0.2) is 5.76 Å². The number of rotatable bonds is 5. The second-order valence-electron chi connectivity index (χ2n) is 7.93. The van der Waals surface area contributed by atoms with E-state index in [2.05, 4.69) is 21.4 Å². The fourth-order valence-electron chi connectivity index (χ4n) is 3.81. The lowest BCUT2D eigenvalue weighted by Crippen LogP contribution is -2.41. The maximum atomic E-state index is 12.7. The van der Waals surface area contributed by atoms with Crippen LogP contribution in [0.2, 0.25) is 5.02 Å². The molecule has 0 aliphatic heterocycles. The lowest BCUT2D eigenvalue weighted by Gasteiger charge is -2.13. The number of carbonyl (C=O) groups excluding carboxylic acids is 3. The average molecular weight is 510 g/mol. The molecule has 1 aliphatic carbocycles. The van der Waals surface area contributed by atoms with Crippen LogP contribution in [0.15, 0.2) is 58.0 Å². The Kier molecular flexibility index (Phi) is 7.11. The van der Waals surface area contributed by atoms with Gasteiger partial charge in [-0.15, -0.1) is 0 Å². The maximum absolute atomic E-state index is 12.7. The second kappa shape index (κ2) is 10.4. The van der Waals surface area contributed by atoms with Crippen LogP contribution in [-0.2, 0) is 6.42 Å². The van der Waals surface area contributed by atoms with Crippen LogP contribution < -0.4 is 16.3 Å². The quantitative estimate of drug-likeness (QED) is 0.351. The Hall–Kier alpha value is -4.51. The predicted octanol–water partition coefficient (Wildman–Crippen LogP) is 3.69. The fourth-order valence-corrected chi connectivity index (χ4v) is 4.00. The van der Waals surface area contributed by atoms with Gasteiger partial charge < -0.3 is 4.42 Å². The van der Waals surface area contributed by atoms with Crippen molar-refractivity contribution >= 4 is 40.7 Å². The molecule has 3 N–H and O–H groups in total. The number of hydrogen-bond acceptors (Lipinski definition) is 7. The molecule has 11 nitrogen and oxygen atoms in total. The van der Waals surface area contributed by atoms with Crippen LogP contribution in [0.3, 0.4) is 0 Å². The first-order valence-corrected chi connectivity index (χ1v) is 11.2. The Labute approximate surface area is 209 Å². The number of hydrazine groups is 1. The van der Waals surface area contributed by atoms with Gasteiger partial charge in [0.25, 0.3) is 17.5 Å². The molecule has 184 valence electrons. The van der Waals surface area contributed by atoms with Gasteiger partial charge in [-0.1, -0.05) is 23.7 Å². The van der Waals surface area contributed by atoms with Crippen molar-refractivity contribution in [2.75, 3.05) is 0 Å². The van der Waals surface area contributed by atoms with E-state index in [1.54, 1.807) is 25.1 Å². The summed E-state index contributed by atoms with van der Waals surface area (Å²) in [5, 5.41) is 15.5. The zero-order valence-electron chi connectivity index (χ0n) is 19.0. The summed E-state index contributed by atoms with van der Waals surface area (Å²) in [4.78, 5) is 47.8. The Bertz CT molecular complexity index is 1410. The highest BCUT2D eigenvalue weighted by Gasteiger charge is 2.28. The van der Waals surface area contributed by atoms with Crippen molar-refractivity contribution in [2.45, 2.75) is 26.2 Å². The van der Waals surface area contributed by atoms with Crippen molar-refractivity contribution in [3.63, 3.8) is 0 Å². The largest absolute Gasteiger partial charge is 0.455 e. The molecule has 1 aromatic heterocycles. The van der Waals surface area contributed by atoms with Gasteiger partial charge in [0, 0.05) is 45.8 Å². The third-order valence-corrected chi connectivity index (χ3v) is 5.75. The van der Waals surface area contributed by atoms with Gasteiger partial charge in [-0.05, 0) is 44.0 Å². The lowest BCUT2D eigenvalue weighted by atomic mass is 9.93. The van der Waals surface area contributed by atoms with Crippen molar-refractivity contribution < 1.29 is 23.7 Å². The molecular formula is C24H20ClN5O6. The van der Waals surface area contributed by atoms with Crippen molar-refractivity contribution in [3.05, 3.63) is 97.4 Å². The maximum Gasteiger partial charge on any atom is 0.305 e. The van der Waals surface area contributed by atoms with Gasteiger partial charge in [-0.3, -0.25) is 35.3 Å². The third-order valence-electron chi connectivity index (χ3n) is 5.52. The highest BCUT2D eigenvalue weighted by atomic mass is 35.5. The van der Waals surface area contributed by atoms with Crippen LogP contribution >= 0.6 is 11.6 Å². The summed E-state index contributed by atoms with van der Waals surface area (Å²) in [6.45, 7) is 1.68. The summed E-state index contributed by atoms with van der Waals surface area (Å²) in [5.41, 5.74) is 8.84. The zero-order valence-corrected chi connectivity index (χ0v) is 19.7. The summed E-state index contributed by atoms with van der Waals surface area (Å²) >= 11 is 5.89. The van der Waals surface area contributed by atoms with E-state index in [0.29, 0.717) is 46.9 Å². The van der Waals surface area contributed by atoms with Gasteiger partial charge in [0.05, 0.1) is 10.6 Å². The van der Waals surface area contributed by atoms with Crippen LogP contribution in [0.25, 0.3) is 0 Å². The average Bonchev–Trinajstić information content (AvgIpc) is 3.22. The predicted molar refractivity (Wildman–Crippen MR) is 130 cm³/mol. The standard InChI is InChI=1S/C24H20ClN5O6/c1-13-20-18(26-27-23(32)15-6-3-8-17(12-15)30(34)35)9-4-10-19(20)36-21(13)24(33)29-28-22(31)14-5-2-7-16(25)11-14/h2-3,5-8,11-12H,4,9-10H2,1H3,(H,27,32)(H,28,31)(H,29,33)/b26-18+. The third kappa shape index (κ3) is 5.26. The van der Waals surface area contributed by atoms with Crippen LogP contribution in [-0.4, -0.2) is 28.4 Å². The molecule has 0 unspecified atom stereocenters. The highest BCUT2D eigenvalue weighted by molar-refractivity contribution is 6.31. The van der Waals surface area contributed by atoms with Gasteiger partial charge in [0.2, 0.25) is 0 Å². The first kappa shape index (κ1) is 24.6. The van der Waals surface area contributed by atoms with E-state index < -0.39 is 22.6 Å². The van der Waals surface area contributed by atoms with E-state index >= 15 is 0 Å². The smallest absolute Gasteiger partial charge is 0.305 e. The summed E-state index contributed by atoms with van der Waals surface area (Å²) in [6.07, 6.45) is 1.77. The number of aryl methyl sites for hydroxylation is 1. The minimum absolute atomic E-state index is 0.00556. The normalized spacial score (nSPS) is 13.6. The molecule has 0 bridgehead atoms. The van der Waals surface area contributed by atoms with E-state index in [-0.39, 0.29) is 22.6 Å². The van der Waals surface area contributed by atoms with E-state index in [0.717, 1.165) is 6.07 Å². The van der Waals surface area contributed by atoms with E-state index in [1.165, 1.54) is 24.3 Å². The number of fused-ring (bicyclic) bond motifs is 1. The SMILES string of the molecule is Cc1c(C(=O)NNC(=O)c2cccc(Cl)c2)oc2c1/C(=N/NC(=O)c1cccc([N+](=O)[O-])c1)CCC2. The number of nitro groups is 1. The Morgan fingerprint density at radius 3 is 2.42 bits per heavy atom. The number of nitro benzene ring substituents is 1. The number of halogens is 1. The number of benzene rings is 2. The molecule has 0 radical (unpaired) electrons. The molecule has 0 spiro atoms. The first-order valence-electron chi connectivity index (χ1n) is 10.8. The summed E-state index contributed by atoms with van der Waals surface area (Å²) < 4.78 is 5.77. The van der Waals surface area contributed by atoms with E-state index in [9.17, 15) is 24.5 Å². The summed E-state index contributed by atoms with van der Waals surface area (Å²) in [7, 11) is 0. The molecule has 0 atom stereocenters. The van der Waals surface area contributed by atoms with Crippen molar-refractivity contribution in [3.8, 4) is 0 Å². The molecule has 0 saturated carbocycles. The molecule has 1 aliphatic rings. The number of hydrazone groups is 1. The van der Waals surface area contributed by atoms with Crippen molar-refractivity contribution in [2.24, 2.45) is 5.10 Å². The number of furan rings is 1. The van der Waals surface area contributed by atoms with Crippen LogP contribution in [0.5, 0.6) is 0 Å². The Morgan fingerprint density at radius 1 is 1.00 bits per heavy atom. The van der Waals surface area contributed by atoms with Crippen LogP contribution in [0.4, 0.5) is 5.69 Å². The van der Waals surface area contributed by atoms with E-state index in [4.69, 9.17) is 16.0 Å². The molecule has 0 fully saturated rings. The lowest BCUT2D eigenvalue weighted by molar-refractivity contribution is -0.384. The summed E-state index contributed by atoms with van der Waals surface area (Å²) in [5.74, 6) is -1.27. The molecular weight excluding hydrogens is 490 g/mol. The molecule has 1 heterocycles. The van der Waals surface area contributed by atoms with Crippen molar-refractivity contribution in [1.29, 1.82) is 0 Å². The molecule has 3 amide bonds.